The lowest BCUT2D eigenvalue weighted by Gasteiger charge is -2.12. The quantitative estimate of drug-likeness (QED) is 0.686. The topological polar surface area (TPSA) is 82.9 Å². The number of amides is 2. The van der Waals surface area contributed by atoms with Crippen molar-refractivity contribution in [2.24, 2.45) is 16.1 Å². The smallest absolute Gasteiger partial charge is 0.272 e. The predicted octanol–water partition coefficient (Wildman–Crippen LogP) is 0.545. The van der Waals surface area contributed by atoms with Gasteiger partial charge in [-0.2, -0.15) is 10.2 Å². The van der Waals surface area contributed by atoms with Gasteiger partial charge in [0.15, 0.2) is 0 Å². The molecule has 1 atom stereocenters. The lowest BCUT2D eigenvalue weighted by Crippen LogP contribution is -2.32. The fourth-order valence-electron chi connectivity index (χ4n) is 1.94. The van der Waals surface area contributed by atoms with Crippen LogP contribution >= 0.6 is 0 Å². The van der Waals surface area contributed by atoms with Crippen LogP contribution in [0.15, 0.2) is 10.2 Å². The van der Waals surface area contributed by atoms with E-state index in [1.165, 1.54) is 6.42 Å². The van der Waals surface area contributed by atoms with Crippen LogP contribution in [0.1, 0.15) is 39.0 Å². The van der Waals surface area contributed by atoms with Gasteiger partial charge in [0.05, 0.1) is 5.92 Å². The molecule has 2 amide bonds. The van der Waals surface area contributed by atoms with Crippen LogP contribution in [0.3, 0.4) is 0 Å². The van der Waals surface area contributed by atoms with E-state index in [0.29, 0.717) is 0 Å². The zero-order valence-corrected chi connectivity index (χ0v) is 9.82. The van der Waals surface area contributed by atoms with Crippen molar-refractivity contribution in [3.8, 4) is 0 Å². The molecule has 92 valence electrons. The molecule has 0 radical (unpaired) electrons. The highest BCUT2D eigenvalue weighted by Crippen LogP contribution is 2.14. The van der Waals surface area contributed by atoms with E-state index in [9.17, 15) is 9.59 Å². The number of hydrogen-bond donors (Lipinski definition) is 2. The maximum absolute atomic E-state index is 11.7. The molecule has 2 N–H and O–H groups in total. The van der Waals surface area contributed by atoms with Crippen LogP contribution in [-0.4, -0.2) is 23.2 Å². The Bertz CT molecular complexity index is 392. The molecule has 0 unspecified atom stereocenters. The van der Waals surface area contributed by atoms with Gasteiger partial charge in [-0.25, -0.2) is 10.9 Å². The van der Waals surface area contributed by atoms with Gasteiger partial charge in [-0.1, -0.05) is 6.42 Å². The van der Waals surface area contributed by atoms with Crippen LogP contribution < -0.4 is 10.9 Å². The third kappa shape index (κ3) is 2.69. The summed E-state index contributed by atoms with van der Waals surface area (Å²) in [6.45, 7) is 1.65. The molecule has 0 bridgehead atoms. The third-order valence-corrected chi connectivity index (χ3v) is 3.07. The van der Waals surface area contributed by atoms with Crippen molar-refractivity contribution < 1.29 is 9.59 Å². The van der Waals surface area contributed by atoms with Crippen molar-refractivity contribution in [2.75, 3.05) is 0 Å². The molecule has 1 saturated carbocycles. The summed E-state index contributed by atoms with van der Waals surface area (Å²) in [6, 6.07) is 0. The summed E-state index contributed by atoms with van der Waals surface area (Å²) in [6.07, 6.45) is 5.38. The average Bonchev–Trinajstić information content (AvgIpc) is 2.69. The molecule has 0 spiro atoms. The first kappa shape index (κ1) is 11.8. The van der Waals surface area contributed by atoms with Gasteiger partial charge in [0.1, 0.15) is 5.71 Å². The van der Waals surface area contributed by atoms with Crippen LogP contribution in [0.25, 0.3) is 0 Å². The largest absolute Gasteiger partial charge is 0.288 e. The van der Waals surface area contributed by atoms with Gasteiger partial charge in [0.25, 0.3) is 5.91 Å². The zero-order valence-electron chi connectivity index (χ0n) is 9.82. The molecule has 0 aromatic carbocycles. The molecule has 2 rings (SSSR count). The second kappa shape index (κ2) is 5.07. The number of carbonyl (C=O) groups is 2. The van der Waals surface area contributed by atoms with Gasteiger partial charge in [0, 0.05) is 5.71 Å². The lowest BCUT2D eigenvalue weighted by atomic mass is 9.99. The van der Waals surface area contributed by atoms with E-state index in [4.69, 9.17) is 0 Å². The molecule has 0 saturated heterocycles. The van der Waals surface area contributed by atoms with Crippen LogP contribution in [0.2, 0.25) is 0 Å². The van der Waals surface area contributed by atoms with Crippen LogP contribution in [0, 0.1) is 5.92 Å². The van der Waals surface area contributed by atoms with E-state index >= 15 is 0 Å². The number of hydrazone groups is 2. The molecule has 0 aromatic heterocycles. The summed E-state index contributed by atoms with van der Waals surface area (Å²) in [4.78, 5) is 22.9. The molecule has 6 heteroatoms. The van der Waals surface area contributed by atoms with Gasteiger partial charge in [-0.05, 0) is 32.6 Å². The second-order valence-electron chi connectivity index (χ2n) is 4.37. The van der Waals surface area contributed by atoms with E-state index in [-0.39, 0.29) is 11.6 Å². The standard InChI is InChI=1S/C11H16N4O2/c1-7-9(13-14-10(7)16)11(17)15-12-8-5-3-2-4-6-8/h7H,2-6H2,1H3,(H,14,16)(H,15,17)/t7-/m0/s1. The number of carbonyl (C=O) groups excluding carboxylic acids is 2. The highest BCUT2D eigenvalue weighted by molar-refractivity contribution is 6.44. The van der Waals surface area contributed by atoms with Crippen molar-refractivity contribution >= 4 is 23.2 Å². The molecular weight excluding hydrogens is 220 g/mol. The highest BCUT2D eigenvalue weighted by atomic mass is 16.2. The summed E-state index contributed by atoms with van der Waals surface area (Å²) in [5, 5.41) is 7.78. The minimum Gasteiger partial charge on any atom is -0.272 e. The Morgan fingerprint density at radius 3 is 2.71 bits per heavy atom. The van der Waals surface area contributed by atoms with E-state index < -0.39 is 11.8 Å². The zero-order chi connectivity index (χ0) is 12.3. The number of rotatable bonds is 2. The Labute approximate surface area is 99.5 Å². The molecule has 1 aliphatic heterocycles. The maximum atomic E-state index is 11.7. The van der Waals surface area contributed by atoms with Gasteiger partial charge < -0.3 is 0 Å². The first-order chi connectivity index (χ1) is 8.18. The SMILES string of the molecule is C[C@@H]1C(=O)NN=C1C(=O)NN=C1CCCCC1. The predicted molar refractivity (Wildman–Crippen MR) is 63.4 cm³/mol. The molecule has 1 aliphatic carbocycles. The minimum atomic E-state index is -0.499. The monoisotopic (exact) mass is 236 g/mol. The Morgan fingerprint density at radius 1 is 1.41 bits per heavy atom. The minimum absolute atomic E-state index is 0.204. The van der Waals surface area contributed by atoms with Crippen molar-refractivity contribution in [3.05, 3.63) is 0 Å². The number of nitrogens with one attached hydrogen (secondary N) is 2. The molecule has 6 nitrogen and oxygen atoms in total. The van der Waals surface area contributed by atoms with E-state index in [1.807, 2.05) is 0 Å². The summed E-state index contributed by atoms with van der Waals surface area (Å²) in [5.41, 5.74) is 5.98. The normalized spacial score (nSPS) is 24.1. The fourth-order valence-corrected chi connectivity index (χ4v) is 1.94. The number of hydrogen-bond acceptors (Lipinski definition) is 4. The second-order valence-corrected chi connectivity index (χ2v) is 4.37. The Balaban J connectivity index is 1.91. The molecule has 1 heterocycles. The summed E-state index contributed by atoms with van der Waals surface area (Å²) < 4.78 is 0. The average molecular weight is 236 g/mol. The summed E-state index contributed by atoms with van der Waals surface area (Å²) >= 11 is 0. The van der Waals surface area contributed by atoms with E-state index in [1.54, 1.807) is 6.92 Å². The van der Waals surface area contributed by atoms with Crippen molar-refractivity contribution in [2.45, 2.75) is 39.0 Å². The van der Waals surface area contributed by atoms with Crippen molar-refractivity contribution in [3.63, 3.8) is 0 Å². The first-order valence-corrected chi connectivity index (χ1v) is 5.91. The molecule has 0 aromatic rings. The van der Waals surface area contributed by atoms with Gasteiger partial charge in [-0.15, -0.1) is 0 Å². The van der Waals surface area contributed by atoms with Crippen LogP contribution in [0.4, 0.5) is 0 Å². The molecular formula is C11H16N4O2. The van der Waals surface area contributed by atoms with Gasteiger partial charge in [0.2, 0.25) is 5.91 Å². The molecule has 1 fully saturated rings. The first-order valence-electron chi connectivity index (χ1n) is 5.91. The molecule has 17 heavy (non-hydrogen) atoms. The maximum Gasteiger partial charge on any atom is 0.288 e. The molecule has 2 aliphatic rings. The van der Waals surface area contributed by atoms with Gasteiger partial charge >= 0.3 is 0 Å². The Hall–Kier alpha value is -1.72. The van der Waals surface area contributed by atoms with E-state index in [2.05, 4.69) is 21.1 Å². The van der Waals surface area contributed by atoms with Crippen LogP contribution in [-0.2, 0) is 9.59 Å². The van der Waals surface area contributed by atoms with Crippen molar-refractivity contribution in [1.82, 2.24) is 10.9 Å². The lowest BCUT2D eigenvalue weighted by molar-refractivity contribution is -0.122. The fraction of sp³-hybridized carbons (Fsp3) is 0.636. The van der Waals surface area contributed by atoms with Crippen LogP contribution in [0.5, 0.6) is 0 Å². The third-order valence-electron chi connectivity index (χ3n) is 3.07. The van der Waals surface area contributed by atoms with Gasteiger partial charge in [-0.3, -0.25) is 9.59 Å². The van der Waals surface area contributed by atoms with Crippen molar-refractivity contribution in [1.29, 1.82) is 0 Å². The summed E-state index contributed by atoms with van der Waals surface area (Å²) in [7, 11) is 0. The highest BCUT2D eigenvalue weighted by Gasteiger charge is 2.30. The summed E-state index contributed by atoms with van der Waals surface area (Å²) in [5.74, 6) is -1.14. The van der Waals surface area contributed by atoms with E-state index in [0.717, 1.165) is 31.4 Å². The Morgan fingerprint density at radius 2 is 2.12 bits per heavy atom. The Kier molecular flexibility index (Phi) is 3.51. The number of nitrogens with zero attached hydrogens (tertiary/aromatic N) is 2.